The second-order valence-electron chi connectivity index (χ2n) is 8.10. The van der Waals surface area contributed by atoms with Crippen LogP contribution in [-0.4, -0.2) is 39.9 Å². The third-order valence-corrected chi connectivity index (χ3v) is 5.63. The number of aryl methyl sites for hydroxylation is 2. The number of nitrogens with two attached hydrogens (primary N) is 1. The summed E-state index contributed by atoms with van der Waals surface area (Å²) in [7, 11) is 0. The molecule has 2 amide bonds. The molecule has 3 heterocycles. The van der Waals surface area contributed by atoms with Crippen molar-refractivity contribution in [2.45, 2.75) is 46.1 Å². The third-order valence-electron chi connectivity index (χ3n) is 5.63. The molecular weight excluding hydrogens is 430 g/mol. The van der Waals surface area contributed by atoms with Crippen molar-refractivity contribution < 1.29 is 18.4 Å². The Balaban J connectivity index is 1.60. The predicted octanol–water partition coefficient (Wildman–Crippen LogP) is 2.53. The van der Waals surface area contributed by atoms with Crippen LogP contribution >= 0.6 is 0 Å². The van der Waals surface area contributed by atoms with E-state index in [0.29, 0.717) is 17.8 Å². The van der Waals surface area contributed by atoms with Gasteiger partial charge in [0.15, 0.2) is 0 Å². The molecule has 2 aromatic heterocycles. The molecule has 0 spiro atoms. The Hall–Kier alpha value is -3.40. The Morgan fingerprint density at radius 2 is 2.03 bits per heavy atom. The van der Waals surface area contributed by atoms with Crippen LogP contribution in [0.4, 0.5) is 14.6 Å². The van der Waals surface area contributed by atoms with Crippen molar-refractivity contribution in [3.05, 3.63) is 64.1 Å². The number of nitrogens with zero attached hydrogens (tertiary/aromatic N) is 3. The lowest BCUT2D eigenvalue weighted by Crippen LogP contribution is -2.50. The van der Waals surface area contributed by atoms with Gasteiger partial charge >= 0.3 is 5.92 Å². The Morgan fingerprint density at radius 3 is 2.70 bits per heavy atom. The standard InChI is InChI=1S/C23H28F2N6O2/c1-14-7-9-31(29-13-23(24,25)19-6-4-5-8-27-19)22(33)17(14)11-21(32)28-12-18-15(2)10-20(26)30-16(18)3/h4-6,8,10,29H,7,9,11-13H2,1-3H3,(H2,26,30)(H,28,32). The molecule has 0 saturated heterocycles. The number of carbonyl (C=O) groups is 2. The number of anilines is 1. The van der Waals surface area contributed by atoms with E-state index in [0.717, 1.165) is 27.4 Å². The molecule has 0 atom stereocenters. The van der Waals surface area contributed by atoms with E-state index in [1.54, 1.807) is 19.1 Å². The Bertz CT molecular complexity index is 1050. The SMILES string of the molecule is CC1=C(CC(=O)NCc2c(C)cc(N)nc2C)C(=O)N(NCC(F)(F)c2ccccn2)CC1. The Labute approximate surface area is 191 Å². The summed E-state index contributed by atoms with van der Waals surface area (Å²) in [4.78, 5) is 33.4. The number of nitrogens with one attached hydrogen (secondary N) is 2. The number of hydrogen-bond donors (Lipinski definition) is 3. The highest BCUT2D eigenvalue weighted by Crippen LogP contribution is 2.26. The van der Waals surface area contributed by atoms with Gasteiger partial charge in [-0.3, -0.25) is 19.6 Å². The van der Waals surface area contributed by atoms with E-state index in [1.807, 2.05) is 13.8 Å². The largest absolute Gasteiger partial charge is 0.384 e. The molecule has 0 unspecified atom stereocenters. The van der Waals surface area contributed by atoms with Crippen LogP contribution in [0.2, 0.25) is 0 Å². The minimum absolute atomic E-state index is 0.139. The fourth-order valence-corrected chi connectivity index (χ4v) is 3.68. The Kier molecular flexibility index (Phi) is 7.37. The number of halogens is 2. The van der Waals surface area contributed by atoms with E-state index < -0.39 is 18.4 Å². The Morgan fingerprint density at radius 1 is 1.27 bits per heavy atom. The monoisotopic (exact) mass is 458 g/mol. The zero-order chi connectivity index (χ0) is 24.2. The molecule has 0 radical (unpaired) electrons. The number of pyridine rings is 2. The molecule has 0 saturated carbocycles. The second-order valence-corrected chi connectivity index (χ2v) is 8.10. The van der Waals surface area contributed by atoms with Crippen molar-refractivity contribution in [2.75, 3.05) is 18.8 Å². The summed E-state index contributed by atoms with van der Waals surface area (Å²) in [6.07, 6.45) is 1.64. The van der Waals surface area contributed by atoms with Gasteiger partial charge in [0.05, 0.1) is 13.0 Å². The first-order chi connectivity index (χ1) is 15.6. The maximum atomic E-state index is 14.4. The summed E-state index contributed by atoms with van der Waals surface area (Å²) in [5, 5.41) is 3.95. The molecule has 176 valence electrons. The summed E-state index contributed by atoms with van der Waals surface area (Å²) >= 11 is 0. The highest BCUT2D eigenvalue weighted by molar-refractivity contribution is 5.99. The van der Waals surface area contributed by atoms with Crippen molar-refractivity contribution >= 4 is 17.6 Å². The van der Waals surface area contributed by atoms with Gasteiger partial charge < -0.3 is 11.1 Å². The summed E-state index contributed by atoms with van der Waals surface area (Å²) in [5.41, 5.74) is 11.4. The van der Waals surface area contributed by atoms with Gasteiger partial charge in [-0.05, 0) is 56.5 Å². The smallest absolute Gasteiger partial charge is 0.303 e. The average Bonchev–Trinajstić information content (AvgIpc) is 2.76. The maximum absolute atomic E-state index is 14.4. The minimum Gasteiger partial charge on any atom is -0.384 e. The summed E-state index contributed by atoms with van der Waals surface area (Å²) in [6.45, 7) is 5.18. The summed E-state index contributed by atoms with van der Waals surface area (Å²) in [5.74, 6) is -3.66. The molecule has 2 aromatic rings. The molecule has 0 bridgehead atoms. The van der Waals surface area contributed by atoms with Gasteiger partial charge in [-0.15, -0.1) is 0 Å². The van der Waals surface area contributed by atoms with Crippen LogP contribution in [0.5, 0.6) is 0 Å². The number of amides is 2. The lowest BCUT2D eigenvalue weighted by atomic mass is 9.98. The number of carbonyl (C=O) groups excluding carboxylic acids is 2. The van der Waals surface area contributed by atoms with Crippen molar-refractivity contribution in [1.82, 2.24) is 25.7 Å². The van der Waals surface area contributed by atoms with Crippen molar-refractivity contribution in [2.24, 2.45) is 0 Å². The second kappa shape index (κ2) is 10.0. The van der Waals surface area contributed by atoms with E-state index in [1.165, 1.54) is 18.3 Å². The molecule has 0 aromatic carbocycles. The lowest BCUT2D eigenvalue weighted by molar-refractivity contribution is -0.134. The molecule has 10 heteroatoms. The van der Waals surface area contributed by atoms with Gasteiger partial charge in [0.1, 0.15) is 11.5 Å². The van der Waals surface area contributed by atoms with Crippen LogP contribution < -0.4 is 16.5 Å². The maximum Gasteiger partial charge on any atom is 0.303 e. The number of aromatic nitrogens is 2. The van der Waals surface area contributed by atoms with Crippen LogP contribution in [0.25, 0.3) is 0 Å². The number of rotatable bonds is 8. The lowest BCUT2D eigenvalue weighted by Gasteiger charge is -2.31. The van der Waals surface area contributed by atoms with Gasteiger partial charge in [0.25, 0.3) is 5.91 Å². The van der Waals surface area contributed by atoms with Crippen LogP contribution in [0.3, 0.4) is 0 Å². The van der Waals surface area contributed by atoms with Gasteiger partial charge in [0.2, 0.25) is 5.91 Å². The van der Waals surface area contributed by atoms with Crippen LogP contribution in [0, 0.1) is 13.8 Å². The van der Waals surface area contributed by atoms with E-state index >= 15 is 0 Å². The number of nitrogen functional groups attached to an aromatic ring is 1. The topological polar surface area (TPSA) is 113 Å². The molecule has 33 heavy (non-hydrogen) atoms. The van der Waals surface area contributed by atoms with Gasteiger partial charge in [-0.1, -0.05) is 11.6 Å². The first-order valence-corrected chi connectivity index (χ1v) is 10.6. The van der Waals surface area contributed by atoms with Gasteiger partial charge in [-0.2, -0.15) is 8.78 Å². The molecule has 4 N–H and O–H groups in total. The number of hydrazine groups is 1. The van der Waals surface area contributed by atoms with Crippen molar-refractivity contribution in [3.63, 3.8) is 0 Å². The van der Waals surface area contributed by atoms with E-state index in [4.69, 9.17) is 5.73 Å². The van der Waals surface area contributed by atoms with E-state index in [9.17, 15) is 18.4 Å². The summed E-state index contributed by atoms with van der Waals surface area (Å²) in [6, 6.07) is 6.00. The first kappa shape index (κ1) is 24.2. The molecular formula is C23H28F2N6O2. The third kappa shape index (κ3) is 5.89. The van der Waals surface area contributed by atoms with Crippen LogP contribution in [0.1, 0.15) is 42.3 Å². The van der Waals surface area contributed by atoms with E-state index in [2.05, 4.69) is 20.7 Å². The molecule has 0 fully saturated rings. The zero-order valence-corrected chi connectivity index (χ0v) is 18.9. The molecule has 0 aliphatic carbocycles. The van der Waals surface area contributed by atoms with Crippen molar-refractivity contribution in [1.29, 1.82) is 0 Å². The van der Waals surface area contributed by atoms with Gasteiger partial charge in [-0.25, -0.2) is 10.4 Å². The van der Waals surface area contributed by atoms with Crippen LogP contribution in [0.15, 0.2) is 41.6 Å². The van der Waals surface area contributed by atoms with Gasteiger partial charge in [0, 0.05) is 30.6 Å². The molecule has 1 aliphatic heterocycles. The van der Waals surface area contributed by atoms with E-state index in [-0.39, 0.29) is 31.1 Å². The highest BCUT2D eigenvalue weighted by Gasteiger charge is 2.35. The molecule has 8 nitrogen and oxygen atoms in total. The van der Waals surface area contributed by atoms with Crippen LogP contribution in [-0.2, 0) is 22.1 Å². The fourth-order valence-electron chi connectivity index (χ4n) is 3.68. The molecule has 1 aliphatic rings. The zero-order valence-electron chi connectivity index (χ0n) is 18.9. The highest BCUT2D eigenvalue weighted by atomic mass is 19.3. The van der Waals surface area contributed by atoms with Crippen molar-refractivity contribution in [3.8, 4) is 0 Å². The first-order valence-electron chi connectivity index (χ1n) is 10.6. The number of hydrogen-bond acceptors (Lipinski definition) is 6. The normalized spacial score (nSPS) is 14.6. The predicted molar refractivity (Wildman–Crippen MR) is 120 cm³/mol. The average molecular weight is 459 g/mol. The minimum atomic E-state index is -3.25. The number of alkyl halides is 2. The fraction of sp³-hybridized carbons (Fsp3) is 0.391. The quantitative estimate of drug-likeness (QED) is 0.560. The molecule has 3 rings (SSSR count). The summed E-state index contributed by atoms with van der Waals surface area (Å²) < 4.78 is 28.8.